The molecule has 4 nitrogen and oxygen atoms in total. The third kappa shape index (κ3) is 3.99. The summed E-state index contributed by atoms with van der Waals surface area (Å²) in [7, 11) is -3.17. The smallest absolute Gasteiger partial charge is 0.189 e. The number of ether oxygens (including phenoxy) is 1. The van der Waals surface area contributed by atoms with E-state index in [2.05, 4.69) is 4.99 Å². The Hall–Kier alpha value is -2.14. The highest BCUT2D eigenvalue weighted by atomic mass is 32.2. The second-order valence-corrected chi connectivity index (χ2v) is 7.67. The van der Waals surface area contributed by atoms with Crippen LogP contribution in [0.4, 0.5) is 0 Å². The normalized spacial score (nSPS) is 18.3. The lowest BCUT2D eigenvalue weighted by Gasteiger charge is -2.22. The zero-order valence-corrected chi connectivity index (χ0v) is 13.8. The van der Waals surface area contributed by atoms with Crippen molar-refractivity contribution in [1.82, 2.24) is 0 Å². The molecule has 1 atom stereocenters. The van der Waals surface area contributed by atoms with E-state index >= 15 is 0 Å². The number of para-hydroxylation sites is 1. The van der Waals surface area contributed by atoms with Gasteiger partial charge >= 0.3 is 0 Å². The highest BCUT2D eigenvalue weighted by Crippen LogP contribution is 2.22. The van der Waals surface area contributed by atoms with E-state index < -0.39 is 9.84 Å². The van der Waals surface area contributed by atoms with Gasteiger partial charge in [0.05, 0.1) is 4.90 Å². The summed E-state index contributed by atoms with van der Waals surface area (Å²) >= 11 is 0. The minimum absolute atomic E-state index is 0.185. The summed E-state index contributed by atoms with van der Waals surface area (Å²) in [6.45, 7) is 0. The number of nitrogens with zero attached hydrogens (tertiary/aromatic N) is 1. The highest BCUT2D eigenvalue weighted by Gasteiger charge is 2.18. The van der Waals surface area contributed by atoms with Crippen molar-refractivity contribution in [2.24, 2.45) is 4.99 Å². The summed E-state index contributed by atoms with van der Waals surface area (Å²) in [4.78, 5) is 5.01. The van der Waals surface area contributed by atoms with Gasteiger partial charge in [-0.2, -0.15) is 0 Å². The van der Waals surface area contributed by atoms with Gasteiger partial charge in [0, 0.05) is 18.4 Å². The minimum atomic E-state index is -3.17. The van der Waals surface area contributed by atoms with Crippen molar-refractivity contribution in [3.8, 4) is 5.75 Å². The molecule has 0 aromatic heterocycles. The largest absolute Gasteiger partial charge is 0.469 e. The van der Waals surface area contributed by atoms with E-state index in [1.165, 1.54) is 6.26 Å². The summed E-state index contributed by atoms with van der Waals surface area (Å²) in [6.07, 6.45) is 3.80. The van der Waals surface area contributed by atoms with Crippen molar-refractivity contribution in [3.05, 3.63) is 60.2 Å². The van der Waals surface area contributed by atoms with Crippen LogP contribution in [-0.4, -0.2) is 26.6 Å². The first kappa shape index (κ1) is 15.7. The molecule has 0 saturated carbocycles. The third-order valence-electron chi connectivity index (χ3n) is 3.80. The van der Waals surface area contributed by atoms with Gasteiger partial charge in [-0.3, -0.25) is 0 Å². The molecule has 0 spiro atoms. The molecule has 5 heteroatoms. The van der Waals surface area contributed by atoms with E-state index in [0.717, 1.165) is 36.3 Å². The molecule has 0 fully saturated rings. The maximum absolute atomic E-state index is 11.5. The second kappa shape index (κ2) is 6.54. The lowest BCUT2D eigenvalue weighted by Crippen LogP contribution is -2.21. The van der Waals surface area contributed by atoms with Crippen molar-refractivity contribution in [2.75, 3.05) is 6.26 Å². The lowest BCUT2D eigenvalue weighted by molar-refractivity contribution is 0.193. The number of hydrogen-bond donors (Lipinski definition) is 0. The van der Waals surface area contributed by atoms with Crippen LogP contribution in [0.1, 0.15) is 24.8 Å². The zero-order chi connectivity index (χ0) is 16.3. The molecule has 0 saturated heterocycles. The summed E-state index contributed by atoms with van der Waals surface area (Å²) in [5.41, 5.74) is 1.93. The van der Waals surface area contributed by atoms with Crippen molar-refractivity contribution in [2.45, 2.75) is 30.4 Å². The molecule has 0 N–H and O–H groups in total. The fourth-order valence-electron chi connectivity index (χ4n) is 2.60. The first-order valence-electron chi connectivity index (χ1n) is 7.61. The SMILES string of the molecule is CS(=O)(=O)c1ccc(C2=NC(Oc3ccccc3)CCC2)cc1. The van der Waals surface area contributed by atoms with Crippen molar-refractivity contribution in [3.63, 3.8) is 0 Å². The van der Waals surface area contributed by atoms with Gasteiger partial charge in [-0.25, -0.2) is 13.4 Å². The first-order chi connectivity index (χ1) is 11.0. The Morgan fingerprint density at radius 3 is 2.39 bits per heavy atom. The molecule has 1 unspecified atom stereocenters. The van der Waals surface area contributed by atoms with Crippen LogP contribution in [-0.2, 0) is 9.84 Å². The van der Waals surface area contributed by atoms with Crippen molar-refractivity contribution >= 4 is 15.5 Å². The van der Waals surface area contributed by atoms with Crippen LogP contribution < -0.4 is 4.74 Å². The molecule has 2 aromatic carbocycles. The molecule has 1 heterocycles. The molecule has 1 aliphatic rings. The Bertz CT molecular complexity index is 796. The van der Waals surface area contributed by atoms with E-state index in [9.17, 15) is 8.42 Å². The maximum Gasteiger partial charge on any atom is 0.189 e. The average molecular weight is 329 g/mol. The van der Waals surface area contributed by atoms with Gasteiger partial charge < -0.3 is 4.74 Å². The molecule has 120 valence electrons. The van der Waals surface area contributed by atoms with E-state index in [0.29, 0.717) is 4.90 Å². The van der Waals surface area contributed by atoms with Gasteiger partial charge in [-0.05, 0) is 42.7 Å². The van der Waals surface area contributed by atoms with Crippen LogP contribution >= 0.6 is 0 Å². The molecule has 3 rings (SSSR count). The summed E-state index contributed by atoms with van der Waals surface area (Å²) < 4.78 is 29.0. The number of benzene rings is 2. The van der Waals surface area contributed by atoms with Crippen LogP contribution in [0.5, 0.6) is 5.75 Å². The molecular weight excluding hydrogens is 310 g/mol. The van der Waals surface area contributed by atoms with Gasteiger partial charge in [0.25, 0.3) is 0 Å². The van der Waals surface area contributed by atoms with Gasteiger partial charge in [-0.15, -0.1) is 0 Å². The molecule has 0 radical (unpaired) electrons. The highest BCUT2D eigenvalue weighted by molar-refractivity contribution is 7.90. The molecule has 0 bridgehead atoms. The van der Waals surface area contributed by atoms with Crippen molar-refractivity contribution in [1.29, 1.82) is 0 Å². The molecule has 0 amide bonds. The van der Waals surface area contributed by atoms with Gasteiger partial charge in [0.2, 0.25) is 0 Å². The molecule has 2 aromatic rings. The Labute approximate surface area is 136 Å². The fraction of sp³-hybridized carbons (Fsp3) is 0.278. The van der Waals surface area contributed by atoms with Crippen LogP contribution in [0.3, 0.4) is 0 Å². The van der Waals surface area contributed by atoms with Crippen LogP contribution in [0, 0.1) is 0 Å². The Kier molecular flexibility index (Phi) is 4.48. The Morgan fingerprint density at radius 1 is 1.04 bits per heavy atom. The Morgan fingerprint density at radius 2 is 1.74 bits per heavy atom. The summed E-state index contributed by atoms with van der Waals surface area (Å²) in [6, 6.07) is 16.6. The number of sulfone groups is 1. The third-order valence-corrected chi connectivity index (χ3v) is 4.92. The molecule has 1 aliphatic heterocycles. The zero-order valence-electron chi connectivity index (χ0n) is 13.0. The lowest BCUT2D eigenvalue weighted by atomic mass is 10.0. The number of rotatable bonds is 4. The predicted molar refractivity (Wildman–Crippen MR) is 90.8 cm³/mol. The fourth-order valence-corrected chi connectivity index (χ4v) is 3.23. The van der Waals surface area contributed by atoms with E-state index in [4.69, 9.17) is 4.74 Å². The summed E-state index contributed by atoms with van der Waals surface area (Å²) in [5, 5.41) is 0. The van der Waals surface area contributed by atoms with E-state index in [-0.39, 0.29) is 6.23 Å². The van der Waals surface area contributed by atoms with Crippen LogP contribution in [0.2, 0.25) is 0 Å². The van der Waals surface area contributed by atoms with Gasteiger partial charge in [0.1, 0.15) is 5.75 Å². The monoisotopic (exact) mass is 329 g/mol. The van der Waals surface area contributed by atoms with Crippen molar-refractivity contribution < 1.29 is 13.2 Å². The number of aliphatic imine (C=N–C) groups is 1. The Balaban J connectivity index is 1.79. The maximum atomic E-state index is 11.5. The summed E-state index contributed by atoms with van der Waals surface area (Å²) in [5.74, 6) is 0.815. The van der Waals surface area contributed by atoms with Crippen LogP contribution in [0.15, 0.2) is 64.5 Å². The minimum Gasteiger partial charge on any atom is -0.469 e. The molecule has 0 aliphatic carbocycles. The van der Waals surface area contributed by atoms with Gasteiger partial charge in [0.15, 0.2) is 16.1 Å². The first-order valence-corrected chi connectivity index (χ1v) is 9.50. The standard InChI is InChI=1S/C18H19NO3S/c1-23(20,21)16-12-10-14(11-13-16)17-8-5-9-18(19-17)22-15-6-3-2-4-7-15/h2-4,6-7,10-13,18H,5,8-9H2,1H3. The van der Waals surface area contributed by atoms with E-state index in [1.54, 1.807) is 12.1 Å². The quantitative estimate of drug-likeness (QED) is 0.863. The topological polar surface area (TPSA) is 55.7 Å². The second-order valence-electron chi connectivity index (χ2n) is 5.65. The molecule has 23 heavy (non-hydrogen) atoms. The average Bonchev–Trinajstić information content (AvgIpc) is 2.55. The van der Waals surface area contributed by atoms with Gasteiger partial charge in [-0.1, -0.05) is 30.3 Å². The predicted octanol–water partition coefficient (Wildman–Crippen LogP) is 3.47. The van der Waals surface area contributed by atoms with Crippen LogP contribution in [0.25, 0.3) is 0 Å². The van der Waals surface area contributed by atoms with E-state index in [1.807, 2.05) is 42.5 Å². The molecular formula is C18H19NO3S. The number of hydrogen-bond acceptors (Lipinski definition) is 4.